The Morgan fingerprint density at radius 2 is 1.72 bits per heavy atom. The third-order valence-electron chi connectivity index (χ3n) is 5.05. The minimum atomic E-state index is 0.736. The van der Waals surface area contributed by atoms with Gasteiger partial charge >= 0.3 is 0 Å². The summed E-state index contributed by atoms with van der Waals surface area (Å²) in [5.41, 5.74) is 7.35. The largest absolute Gasteiger partial charge is 0.472 e. The molecule has 6 rings (SSSR count). The van der Waals surface area contributed by atoms with Crippen molar-refractivity contribution in [2.24, 2.45) is 0 Å². The van der Waals surface area contributed by atoms with Crippen molar-refractivity contribution in [2.75, 3.05) is 0 Å². The van der Waals surface area contributed by atoms with E-state index >= 15 is 0 Å². The van der Waals surface area contributed by atoms with E-state index in [9.17, 15) is 0 Å². The Kier molecular flexibility index (Phi) is 3.33. The Hall–Kier alpha value is -4.26. The molecule has 0 fully saturated rings. The van der Waals surface area contributed by atoms with Crippen LogP contribution in [0.3, 0.4) is 0 Å². The van der Waals surface area contributed by atoms with Crippen LogP contribution in [0.25, 0.3) is 55.7 Å². The summed E-state index contributed by atoms with van der Waals surface area (Å²) in [6.07, 6.45) is 10.6. The number of hydrogen-bond acceptors (Lipinski definition) is 5. The number of aromatic nitrogens is 6. The van der Waals surface area contributed by atoms with E-state index in [1.807, 2.05) is 30.5 Å². The van der Waals surface area contributed by atoms with Gasteiger partial charge in [-0.3, -0.25) is 10.1 Å². The van der Waals surface area contributed by atoms with E-state index in [1.165, 1.54) is 0 Å². The quantitative estimate of drug-likeness (QED) is 0.460. The predicted molar refractivity (Wildman–Crippen MR) is 110 cm³/mol. The van der Waals surface area contributed by atoms with Gasteiger partial charge in [-0.15, -0.1) is 0 Å². The molecule has 2 N–H and O–H groups in total. The van der Waals surface area contributed by atoms with Gasteiger partial charge in [-0.25, -0.2) is 9.97 Å². The summed E-state index contributed by atoms with van der Waals surface area (Å²) in [6, 6.07) is 12.0. The van der Waals surface area contributed by atoms with Gasteiger partial charge in [0.05, 0.1) is 18.2 Å². The van der Waals surface area contributed by atoms with E-state index in [1.54, 1.807) is 31.1 Å². The lowest BCUT2D eigenvalue weighted by Crippen LogP contribution is -1.83. The normalized spacial score (nSPS) is 11.4. The van der Waals surface area contributed by atoms with Gasteiger partial charge in [0.1, 0.15) is 11.3 Å². The van der Waals surface area contributed by atoms with Crippen LogP contribution in [-0.2, 0) is 0 Å². The van der Waals surface area contributed by atoms with Crippen molar-refractivity contribution in [1.82, 2.24) is 30.1 Å². The maximum Gasteiger partial charge on any atom is 0.155 e. The third kappa shape index (κ3) is 2.52. The molecule has 0 saturated carbocycles. The van der Waals surface area contributed by atoms with Crippen LogP contribution in [0.5, 0.6) is 0 Å². The molecule has 0 atom stereocenters. The van der Waals surface area contributed by atoms with Crippen LogP contribution in [0.4, 0.5) is 0 Å². The van der Waals surface area contributed by atoms with E-state index in [2.05, 4.69) is 42.3 Å². The maximum atomic E-state index is 5.25. The minimum absolute atomic E-state index is 0.736. The molecule has 0 saturated heterocycles. The molecule has 0 radical (unpaired) electrons. The molecular weight excluding hydrogens is 364 g/mol. The van der Waals surface area contributed by atoms with Gasteiger partial charge in [-0.1, -0.05) is 0 Å². The fourth-order valence-electron chi connectivity index (χ4n) is 3.63. The van der Waals surface area contributed by atoms with Gasteiger partial charge in [0.15, 0.2) is 5.65 Å². The number of nitrogens with one attached hydrogen (secondary N) is 2. The second kappa shape index (κ2) is 6.13. The van der Waals surface area contributed by atoms with Crippen molar-refractivity contribution in [1.29, 1.82) is 0 Å². The average Bonchev–Trinajstić information content (AvgIpc) is 3.52. The number of hydrogen-bond donors (Lipinski definition) is 2. The van der Waals surface area contributed by atoms with E-state index in [-0.39, 0.29) is 0 Å². The smallest absolute Gasteiger partial charge is 0.155 e. The zero-order chi connectivity index (χ0) is 19.2. The van der Waals surface area contributed by atoms with Gasteiger partial charge in [0.2, 0.25) is 0 Å². The van der Waals surface area contributed by atoms with Gasteiger partial charge in [-0.05, 0) is 47.5 Å². The third-order valence-corrected chi connectivity index (χ3v) is 5.05. The Labute approximate surface area is 164 Å². The first-order chi connectivity index (χ1) is 14.4. The lowest BCUT2D eigenvalue weighted by molar-refractivity contribution is 0.568. The van der Waals surface area contributed by atoms with E-state index in [0.29, 0.717) is 0 Å². The highest BCUT2D eigenvalue weighted by atomic mass is 16.3. The van der Waals surface area contributed by atoms with Crippen LogP contribution in [0, 0.1) is 0 Å². The Balaban J connectivity index is 1.53. The van der Waals surface area contributed by atoms with Crippen molar-refractivity contribution >= 4 is 22.1 Å². The summed E-state index contributed by atoms with van der Waals surface area (Å²) in [5.74, 6) is 0. The van der Waals surface area contributed by atoms with Crippen molar-refractivity contribution in [3.05, 3.63) is 73.7 Å². The molecule has 7 nitrogen and oxygen atoms in total. The molecule has 0 aliphatic carbocycles. The average molecular weight is 378 g/mol. The summed E-state index contributed by atoms with van der Waals surface area (Å²) < 4.78 is 5.25. The molecule has 0 amide bonds. The zero-order valence-electron chi connectivity index (χ0n) is 15.1. The summed E-state index contributed by atoms with van der Waals surface area (Å²) in [6.45, 7) is 0. The summed E-state index contributed by atoms with van der Waals surface area (Å²) >= 11 is 0. The highest BCUT2D eigenvalue weighted by molar-refractivity contribution is 5.99. The van der Waals surface area contributed by atoms with Crippen LogP contribution >= 0.6 is 0 Å². The number of nitrogens with zero attached hydrogens (tertiary/aromatic N) is 4. The number of aromatic amines is 2. The Morgan fingerprint density at radius 3 is 2.59 bits per heavy atom. The monoisotopic (exact) mass is 378 g/mol. The lowest BCUT2D eigenvalue weighted by Gasteiger charge is -2.01. The minimum Gasteiger partial charge on any atom is -0.472 e. The second-order valence-corrected chi connectivity index (χ2v) is 6.74. The summed E-state index contributed by atoms with van der Waals surface area (Å²) in [5, 5.41) is 9.49. The van der Waals surface area contributed by atoms with E-state index in [4.69, 9.17) is 4.42 Å². The second-order valence-electron chi connectivity index (χ2n) is 6.74. The molecule has 0 aliphatic heterocycles. The predicted octanol–water partition coefficient (Wildman–Crippen LogP) is 4.82. The van der Waals surface area contributed by atoms with Crippen LogP contribution in [-0.4, -0.2) is 30.1 Å². The topological polar surface area (TPSA) is 96.3 Å². The molecular formula is C22H14N6O. The number of H-pyrrole nitrogens is 2. The first-order valence-corrected chi connectivity index (χ1v) is 9.12. The van der Waals surface area contributed by atoms with Crippen LogP contribution in [0.1, 0.15) is 0 Å². The molecule has 0 spiro atoms. The molecule has 29 heavy (non-hydrogen) atoms. The summed E-state index contributed by atoms with van der Waals surface area (Å²) in [7, 11) is 0. The Bertz CT molecular complexity index is 1450. The van der Waals surface area contributed by atoms with Crippen LogP contribution in [0.2, 0.25) is 0 Å². The van der Waals surface area contributed by atoms with E-state index < -0.39 is 0 Å². The van der Waals surface area contributed by atoms with E-state index in [0.717, 1.165) is 55.7 Å². The van der Waals surface area contributed by atoms with Crippen LogP contribution in [0.15, 0.2) is 78.1 Å². The molecule has 7 heteroatoms. The molecule has 138 valence electrons. The van der Waals surface area contributed by atoms with Gasteiger partial charge in [0.25, 0.3) is 0 Å². The molecule has 6 aromatic rings. The first-order valence-electron chi connectivity index (χ1n) is 9.12. The highest BCUT2D eigenvalue weighted by Crippen LogP contribution is 2.34. The molecule has 0 bridgehead atoms. The highest BCUT2D eigenvalue weighted by Gasteiger charge is 2.15. The summed E-state index contributed by atoms with van der Waals surface area (Å²) in [4.78, 5) is 16.5. The van der Waals surface area contributed by atoms with Gasteiger partial charge < -0.3 is 9.40 Å². The lowest BCUT2D eigenvalue weighted by atomic mass is 10.1. The Morgan fingerprint density at radius 1 is 0.793 bits per heavy atom. The molecule has 6 heterocycles. The van der Waals surface area contributed by atoms with Gasteiger partial charge in [0, 0.05) is 46.7 Å². The van der Waals surface area contributed by atoms with Crippen molar-refractivity contribution < 1.29 is 4.42 Å². The number of rotatable bonds is 3. The molecule has 0 aromatic carbocycles. The number of fused-ring (bicyclic) bond motifs is 2. The number of pyridine rings is 3. The van der Waals surface area contributed by atoms with Gasteiger partial charge in [-0.2, -0.15) is 5.10 Å². The fourth-order valence-corrected chi connectivity index (χ4v) is 3.63. The number of furan rings is 1. The molecule has 0 unspecified atom stereocenters. The first kappa shape index (κ1) is 15.8. The van der Waals surface area contributed by atoms with Crippen molar-refractivity contribution in [2.45, 2.75) is 0 Å². The van der Waals surface area contributed by atoms with Crippen molar-refractivity contribution in [3.63, 3.8) is 0 Å². The maximum absolute atomic E-state index is 5.25. The standard InChI is InChI=1S/C22H14N6O/c1-5-23-6-2-13(1)15-9-18-20(27-28-22(18)25-11-15)19-10-17-16(14-4-8-29-12-14)3-7-24-21(17)26-19/h1-12H,(H,24,26)(H,25,27,28). The molecule has 6 aromatic heterocycles. The SMILES string of the molecule is c1cc(-c2cnc3[nH]nc(-c4cc5c(-c6ccoc6)ccnc5[nH]4)c3c2)ccn1. The zero-order valence-corrected chi connectivity index (χ0v) is 15.1. The van der Waals surface area contributed by atoms with Crippen LogP contribution < -0.4 is 0 Å². The molecule has 0 aliphatic rings. The van der Waals surface area contributed by atoms with Crippen molar-refractivity contribution in [3.8, 4) is 33.6 Å². The fraction of sp³-hybridized carbons (Fsp3) is 0.